The molecule has 0 heterocycles. The molecule has 0 aliphatic carbocycles. The lowest BCUT2D eigenvalue weighted by Crippen LogP contribution is -2.32. The molecule has 14 nitrogen and oxygen atoms in total. The van der Waals surface area contributed by atoms with Gasteiger partial charge in [0.1, 0.15) is 11.4 Å². The summed E-state index contributed by atoms with van der Waals surface area (Å²) in [6.07, 6.45) is 0. The third-order valence-corrected chi connectivity index (χ3v) is 10.6. The van der Waals surface area contributed by atoms with Crippen LogP contribution in [-0.4, -0.2) is 47.3 Å². The van der Waals surface area contributed by atoms with Crippen LogP contribution in [0.25, 0.3) is 0 Å². The van der Waals surface area contributed by atoms with E-state index in [-0.39, 0.29) is 65.7 Å². The molecule has 5 aromatic carbocycles. The number of carbonyl (C=O) groups excluding carboxylic acids is 6. The summed E-state index contributed by atoms with van der Waals surface area (Å²) in [5.41, 5.74) is 2.30. The van der Waals surface area contributed by atoms with Crippen molar-refractivity contribution in [2.75, 3.05) is 21.3 Å². The fraction of sp³-hybridized carbons (Fsp3) is 0.143. The average Bonchev–Trinajstić information content (AvgIpc) is 3.23. The van der Waals surface area contributed by atoms with E-state index in [4.69, 9.17) is 69.6 Å². The Balaban J connectivity index is 1.27. The fourth-order valence-electron chi connectivity index (χ4n) is 5.49. The Hall–Kier alpha value is -5.74. The molecule has 62 heavy (non-hydrogen) atoms. The maximum atomic E-state index is 13.3. The Morgan fingerprint density at radius 1 is 0.532 bits per heavy atom. The molecule has 20 heteroatoms. The first-order valence-corrected chi connectivity index (χ1v) is 20.6. The van der Waals surface area contributed by atoms with Crippen molar-refractivity contribution in [3.05, 3.63) is 139 Å². The van der Waals surface area contributed by atoms with Gasteiger partial charge in [-0.3, -0.25) is 28.8 Å². The van der Waals surface area contributed by atoms with Crippen LogP contribution in [0.4, 0.5) is 34.1 Å². The van der Waals surface area contributed by atoms with Crippen molar-refractivity contribution in [3.8, 4) is 0 Å². The molecule has 2 atom stereocenters. The summed E-state index contributed by atoms with van der Waals surface area (Å²) in [6, 6.07) is 21.8. The molecule has 0 fully saturated rings. The SMILES string of the molecule is CC(=O)C(N=Nc1cccc(C(=O)Nc2ccccc2CCl)c1Cl)C(=O)Nc1cc(Cl)c(NC(=O)C(N=Nc2cccc(C(=O)Nc3ccccc3CCl)c2Cl)C(C)=O)c(Cl)c1. The quantitative estimate of drug-likeness (QED) is 0.0431. The summed E-state index contributed by atoms with van der Waals surface area (Å²) in [4.78, 5) is 77.9. The van der Waals surface area contributed by atoms with Crippen molar-refractivity contribution in [3.63, 3.8) is 0 Å². The van der Waals surface area contributed by atoms with Gasteiger partial charge in [-0.2, -0.15) is 20.5 Å². The second kappa shape index (κ2) is 21.9. The van der Waals surface area contributed by atoms with Gasteiger partial charge in [0.05, 0.1) is 36.9 Å². The summed E-state index contributed by atoms with van der Waals surface area (Å²) in [6.45, 7) is 2.23. The standard InChI is InChI=1S/C42H32Cl6N8O6/c1-21(57)36(55-53-32-15-7-11-26(34(32)47)39(59)50-30-13-5-3-9-23(30)19-43)41(61)49-25-17-28(45)38(29(46)18-25)52-42(62)37(22(2)58)56-54-33-16-8-12-27(35(33)48)40(60)51-31-14-6-4-10-24(31)20-44/h3-18,36-37H,19-20H2,1-2H3,(H,49,61)(H,50,59)(H,51,60)(H,52,62). The highest BCUT2D eigenvalue weighted by atomic mass is 35.5. The van der Waals surface area contributed by atoms with E-state index in [1.807, 2.05) is 0 Å². The molecule has 0 saturated heterocycles. The number of para-hydroxylation sites is 2. The van der Waals surface area contributed by atoms with E-state index in [1.165, 1.54) is 48.5 Å². The Morgan fingerprint density at radius 3 is 1.34 bits per heavy atom. The lowest BCUT2D eigenvalue weighted by atomic mass is 10.1. The second-order valence-electron chi connectivity index (χ2n) is 13.0. The van der Waals surface area contributed by atoms with Crippen LogP contribution < -0.4 is 21.3 Å². The number of amides is 4. The molecule has 2 unspecified atom stereocenters. The molecule has 5 aromatic rings. The summed E-state index contributed by atoms with van der Waals surface area (Å²) >= 11 is 37.9. The van der Waals surface area contributed by atoms with Crippen LogP contribution in [0.5, 0.6) is 0 Å². The lowest BCUT2D eigenvalue weighted by Gasteiger charge is -2.15. The molecule has 4 amide bonds. The van der Waals surface area contributed by atoms with Gasteiger partial charge in [0, 0.05) is 28.8 Å². The van der Waals surface area contributed by atoms with Gasteiger partial charge < -0.3 is 21.3 Å². The van der Waals surface area contributed by atoms with Crippen molar-refractivity contribution < 1.29 is 28.8 Å². The normalized spacial score (nSPS) is 12.1. The van der Waals surface area contributed by atoms with Gasteiger partial charge in [0.2, 0.25) is 12.1 Å². The number of hydrogen-bond donors (Lipinski definition) is 4. The van der Waals surface area contributed by atoms with Crippen molar-refractivity contribution >= 4 is 139 Å². The Labute approximate surface area is 384 Å². The molecule has 0 saturated carbocycles. The Morgan fingerprint density at radius 2 is 0.935 bits per heavy atom. The van der Waals surface area contributed by atoms with Gasteiger partial charge in [0.15, 0.2) is 11.6 Å². The van der Waals surface area contributed by atoms with Gasteiger partial charge in [0.25, 0.3) is 23.6 Å². The molecular formula is C42H32Cl6N8O6. The number of halogens is 6. The van der Waals surface area contributed by atoms with Gasteiger partial charge in [-0.15, -0.1) is 23.2 Å². The molecule has 0 aliphatic rings. The molecule has 5 rings (SSSR count). The molecule has 4 N–H and O–H groups in total. The molecular weight excluding hydrogens is 925 g/mol. The predicted octanol–water partition coefficient (Wildman–Crippen LogP) is 11.6. The van der Waals surface area contributed by atoms with Gasteiger partial charge >= 0.3 is 0 Å². The number of nitrogens with zero attached hydrogens (tertiary/aromatic N) is 4. The summed E-state index contributed by atoms with van der Waals surface area (Å²) < 4.78 is 0. The zero-order chi connectivity index (χ0) is 45.1. The molecule has 0 aliphatic heterocycles. The van der Waals surface area contributed by atoms with E-state index in [0.717, 1.165) is 13.8 Å². The van der Waals surface area contributed by atoms with Crippen LogP contribution in [0.2, 0.25) is 20.1 Å². The number of nitrogens with one attached hydrogen (secondary N) is 4. The van der Waals surface area contributed by atoms with Crippen molar-refractivity contribution in [1.29, 1.82) is 0 Å². The van der Waals surface area contributed by atoms with E-state index in [0.29, 0.717) is 22.5 Å². The predicted molar refractivity (Wildman–Crippen MR) is 242 cm³/mol. The van der Waals surface area contributed by atoms with Crippen molar-refractivity contribution in [2.45, 2.75) is 37.7 Å². The van der Waals surface area contributed by atoms with E-state index in [9.17, 15) is 28.8 Å². The third-order valence-electron chi connectivity index (χ3n) is 8.65. The molecule has 0 aromatic heterocycles. The Bertz CT molecular complexity index is 2620. The van der Waals surface area contributed by atoms with Crippen LogP contribution in [0.1, 0.15) is 45.7 Å². The van der Waals surface area contributed by atoms with Crippen LogP contribution in [0.15, 0.2) is 118 Å². The highest BCUT2D eigenvalue weighted by Gasteiger charge is 2.27. The van der Waals surface area contributed by atoms with Crippen molar-refractivity contribution in [2.24, 2.45) is 20.5 Å². The van der Waals surface area contributed by atoms with Crippen LogP contribution in [0, 0.1) is 0 Å². The number of rotatable bonds is 16. The molecule has 0 radical (unpaired) electrons. The van der Waals surface area contributed by atoms with Crippen LogP contribution >= 0.6 is 69.6 Å². The van der Waals surface area contributed by atoms with Crippen LogP contribution in [0.3, 0.4) is 0 Å². The minimum absolute atomic E-state index is 0.00272. The third kappa shape index (κ3) is 11.8. The molecule has 0 bridgehead atoms. The number of alkyl halides is 2. The van der Waals surface area contributed by atoms with E-state index >= 15 is 0 Å². The van der Waals surface area contributed by atoms with Gasteiger partial charge in [-0.05, 0) is 73.5 Å². The zero-order valence-electron chi connectivity index (χ0n) is 32.3. The zero-order valence-corrected chi connectivity index (χ0v) is 36.8. The number of carbonyl (C=O) groups is 6. The number of azo groups is 2. The summed E-state index contributed by atoms with van der Waals surface area (Å²) in [7, 11) is 0. The first-order chi connectivity index (χ1) is 29.6. The summed E-state index contributed by atoms with van der Waals surface area (Å²) in [5.74, 6) is -4.09. The minimum atomic E-state index is -1.71. The van der Waals surface area contributed by atoms with Gasteiger partial charge in [-0.1, -0.05) is 94.9 Å². The number of ketones is 2. The second-order valence-corrected chi connectivity index (χ2v) is 15.1. The van der Waals surface area contributed by atoms with Crippen LogP contribution in [-0.2, 0) is 30.9 Å². The molecule has 0 spiro atoms. The number of hydrogen-bond acceptors (Lipinski definition) is 10. The monoisotopic (exact) mass is 954 g/mol. The largest absolute Gasteiger partial charge is 0.324 e. The first-order valence-electron chi connectivity index (χ1n) is 18.0. The highest BCUT2D eigenvalue weighted by Crippen LogP contribution is 2.36. The van der Waals surface area contributed by atoms with Crippen molar-refractivity contribution in [1.82, 2.24) is 0 Å². The lowest BCUT2D eigenvalue weighted by molar-refractivity contribution is -0.127. The topological polar surface area (TPSA) is 200 Å². The van der Waals surface area contributed by atoms with E-state index in [1.54, 1.807) is 48.5 Å². The smallest absolute Gasteiger partial charge is 0.258 e. The highest BCUT2D eigenvalue weighted by molar-refractivity contribution is 6.41. The number of anilines is 4. The Kier molecular flexibility index (Phi) is 16.7. The van der Waals surface area contributed by atoms with E-state index < -0.39 is 47.3 Å². The van der Waals surface area contributed by atoms with Gasteiger partial charge in [-0.25, -0.2) is 0 Å². The first kappa shape index (κ1) is 47.3. The number of Topliss-reactive ketones (excluding diaryl/α,β-unsaturated/α-hetero) is 2. The maximum Gasteiger partial charge on any atom is 0.258 e. The minimum Gasteiger partial charge on any atom is -0.324 e. The fourth-order valence-corrected chi connectivity index (χ4v) is 7.03. The molecule has 318 valence electrons. The average molecular weight is 957 g/mol. The maximum absolute atomic E-state index is 13.3. The van der Waals surface area contributed by atoms with E-state index in [2.05, 4.69) is 41.7 Å². The summed E-state index contributed by atoms with van der Waals surface area (Å²) in [5, 5.41) is 25.7. The number of benzene rings is 5.